The number of aliphatic hydroxyl groups excluding tert-OH is 1. The summed E-state index contributed by atoms with van der Waals surface area (Å²) in [7, 11) is 2.01. The first-order chi connectivity index (χ1) is 8.08. The van der Waals surface area contributed by atoms with E-state index < -0.39 is 12.1 Å². The number of nitrogens with two attached hydrogens (primary N) is 1. The molecule has 1 aliphatic heterocycles. The second-order valence-electron chi connectivity index (χ2n) is 4.38. The van der Waals surface area contributed by atoms with Crippen LogP contribution in [0.25, 0.3) is 0 Å². The Balaban J connectivity index is 2.07. The minimum atomic E-state index is -0.724. The third kappa shape index (κ3) is 2.81. The lowest BCUT2D eigenvalue weighted by molar-refractivity contribution is -0.0264. The fourth-order valence-corrected chi connectivity index (χ4v) is 1.65. The van der Waals surface area contributed by atoms with Crippen molar-refractivity contribution in [1.29, 1.82) is 0 Å². The van der Waals surface area contributed by atoms with Crippen molar-refractivity contribution in [2.75, 3.05) is 26.7 Å². The zero-order chi connectivity index (χ0) is 12.4. The quantitative estimate of drug-likeness (QED) is 0.734. The minimum absolute atomic E-state index is 0.188. The molecule has 1 aromatic heterocycles. The van der Waals surface area contributed by atoms with Gasteiger partial charge in [0, 0.05) is 13.1 Å². The molecule has 1 aromatic rings. The molecule has 0 radical (unpaired) electrons. The Hall–Kier alpha value is -1.02. The van der Waals surface area contributed by atoms with E-state index in [-0.39, 0.29) is 12.0 Å². The molecule has 0 saturated carbocycles. The first-order valence-electron chi connectivity index (χ1n) is 5.65. The van der Waals surface area contributed by atoms with Crippen LogP contribution in [-0.4, -0.2) is 53.0 Å². The predicted octanol–water partition coefficient (Wildman–Crippen LogP) is -0.547. The van der Waals surface area contributed by atoms with E-state index >= 15 is 0 Å². The van der Waals surface area contributed by atoms with Crippen molar-refractivity contribution in [1.82, 2.24) is 15.0 Å². The van der Waals surface area contributed by atoms with E-state index in [0.29, 0.717) is 12.4 Å². The number of rotatable bonds is 3. The zero-order valence-electron chi connectivity index (χ0n) is 10.0. The Morgan fingerprint density at radius 1 is 1.59 bits per heavy atom. The molecule has 0 amide bonds. The highest BCUT2D eigenvalue weighted by Crippen LogP contribution is 2.20. The molecule has 0 aromatic carbocycles. The summed E-state index contributed by atoms with van der Waals surface area (Å²) in [5, 5.41) is 13.2. The van der Waals surface area contributed by atoms with Crippen molar-refractivity contribution in [3.63, 3.8) is 0 Å². The number of ether oxygens (including phenoxy) is 1. The molecule has 3 atom stereocenters. The molecular weight excluding hydrogens is 224 g/mol. The molecule has 1 fully saturated rings. The lowest BCUT2D eigenvalue weighted by atomic mass is 10.2. The molecule has 1 aliphatic rings. The Morgan fingerprint density at radius 2 is 2.35 bits per heavy atom. The van der Waals surface area contributed by atoms with Crippen LogP contribution in [0.3, 0.4) is 0 Å². The summed E-state index contributed by atoms with van der Waals surface area (Å²) in [6, 6.07) is -0.655. The number of aliphatic hydroxyl groups is 1. The van der Waals surface area contributed by atoms with Gasteiger partial charge >= 0.3 is 0 Å². The summed E-state index contributed by atoms with van der Waals surface area (Å²) < 4.78 is 10.6. The lowest BCUT2D eigenvalue weighted by Gasteiger charge is -2.27. The minimum Gasteiger partial charge on any atom is -0.391 e. The fourth-order valence-electron chi connectivity index (χ4n) is 1.65. The molecule has 0 spiro atoms. The van der Waals surface area contributed by atoms with Gasteiger partial charge in [0.15, 0.2) is 0 Å². The van der Waals surface area contributed by atoms with E-state index in [1.807, 2.05) is 7.05 Å². The average Bonchev–Trinajstić information content (AvgIpc) is 2.77. The van der Waals surface area contributed by atoms with E-state index in [1.54, 1.807) is 6.92 Å². The zero-order valence-corrected chi connectivity index (χ0v) is 10.0. The van der Waals surface area contributed by atoms with Gasteiger partial charge in [-0.1, -0.05) is 5.16 Å². The van der Waals surface area contributed by atoms with Gasteiger partial charge in [0.2, 0.25) is 11.7 Å². The van der Waals surface area contributed by atoms with Crippen LogP contribution in [0.4, 0.5) is 0 Å². The van der Waals surface area contributed by atoms with Crippen LogP contribution in [0, 0.1) is 0 Å². The molecule has 7 heteroatoms. The van der Waals surface area contributed by atoms with Gasteiger partial charge in [-0.3, -0.25) is 0 Å². The summed E-state index contributed by atoms with van der Waals surface area (Å²) >= 11 is 0. The molecule has 2 heterocycles. The highest BCUT2D eigenvalue weighted by molar-refractivity contribution is 4.98. The summed E-state index contributed by atoms with van der Waals surface area (Å²) in [5.74, 6) is 0.731. The molecular formula is C10H18N4O3. The fraction of sp³-hybridized carbons (Fsp3) is 0.800. The van der Waals surface area contributed by atoms with E-state index in [1.165, 1.54) is 0 Å². The van der Waals surface area contributed by atoms with Gasteiger partial charge in [-0.25, -0.2) is 0 Å². The maximum absolute atomic E-state index is 9.34. The third-order valence-electron chi connectivity index (χ3n) is 2.82. The number of hydrogen-bond acceptors (Lipinski definition) is 7. The molecule has 1 saturated heterocycles. The molecule has 0 bridgehead atoms. The van der Waals surface area contributed by atoms with Gasteiger partial charge in [-0.15, -0.1) is 0 Å². The molecule has 3 N–H and O–H groups in total. The summed E-state index contributed by atoms with van der Waals surface area (Å²) in [6.45, 7) is 3.85. The molecule has 1 unspecified atom stereocenters. The predicted molar refractivity (Wildman–Crippen MR) is 59.1 cm³/mol. The van der Waals surface area contributed by atoms with Crippen molar-refractivity contribution >= 4 is 0 Å². The molecule has 7 nitrogen and oxygen atoms in total. The van der Waals surface area contributed by atoms with E-state index in [0.717, 1.165) is 13.1 Å². The second kappa shape index (κ2) is 5.09. The Morgan fingerprint density at radius 3 is 3.00 bits per heavy atom. The van der Waals surface area contributed by atoms with Crippen molar-refractivity contribution < 1.29 is 14.4 Å². The largest absolute Gasteiger partial charge is 0.391 e. The van der Waals surface area contributed by atoms with Gasteiger partial charge < -0.3 is 25.0 Å². The molecule has 0 aliphatic carbocycles. The van der Waals surface area contributed by atoms with Gasteiger partial charge in [-0.05, 0) is 14.0 Å². The van der Waals surface area contributed by atoms with Crippen LogP contribution >= 0.6 is 0 Å². The number of likely N-dealkylation sites (N-methyl/N-ethyl adjacent to an activating group) is 1. The number of nitrogens with zero attached hydrogens (tertiary/aromatic N) is 3. The third-order valence-corrected chi connectivity index (χ3v) is 2.82. The Kier molecular flexibility index (Phi) is 3.72. The van der Waals surface area contributed by atoms with Gasteiger partial charge in [0.05, 0.1) is 12.7 Å². The van der Waals surface area contributed by atoms with Gasteiger partial charge in [-0.2, -0.15) is 4.98 Å². The van der Waals surface area contributed by atoms with Crippen molar-refractivity contribution in [2.24, 2.45) is 5.73 Å². The van der Waals surface area contributed by atoms with Gasteiger partial charge in [0.1, 0.15) is 12.1 Å². The number of hydrogen-bond donors (Lipinski definition) is 2. The maximum Gasteiger partial charge on any atom is 0.246 e. The van der Waals surface area contributed by atoms with Gasteiger partial charge in [0.25, 0.3) is 0 Å². The van der Waals surface area contributed by atoms with E-state index in [9.17, 15) is 5.11 Å². The second-order valence-corrected chi connectivity index (χ2v) is 4.38. The van der Waals surface area contributed by atoms with Crippen LogP contribution in [0.2, 0.25) is 0 Å². The van der Waals surface area contributed by atoms with Crippen LogP contribution in [0.15, 0.2) is 4.52 Å². The molecule has 17 heavy (non-hydrogen) atoms. The SMILES string of the molecule is C[C@@H](O)[C@H](N)c1nc(C2CN(C)CCO2)no1. The molecule has 96 valence electrons. The highest BCUT2D eigenvalue weighted by Gasteiger charge is 2.26. The summed E-state index contributed by atoms with van der Waals surface area (Å²) in [4.78, 5) is 6.31. The first-order valence-corrected chi connectivity index (χ1v) is 5.65. The van der Waals surface area contributed by atoms with Crippen molar-refractivity contribution in [3.8, 4) is 0 Å². The normalized spacial score (nSPS) is 25.8. The smallest absolute Gasteiger partial charge is 0.246 e. The maximum atomic E-state index is 9.34. The van der Waals surface area contributed by atoms with Crippen LogP contribution in [0.1, 0.15) is 30.8 Å². The topological polar surface area (TPSA) is 97.6 Å². The van der Waals surface area contributed by atoms with Crippen molar-refractivity contribution in [3.05, 3.63) is 11.7 Å². The summed E-state index contributed by atoms with van der Waals surface area (Å²) in [5.41, 5.74) is 5.71. The van der Waals surface area contributed by atoms with E-state index in [4.69, 9.17) is 15.0 Å². The lowest BCUT2D eigenvalue weighted by Crippen LogP contribution is -2.35. The Labute approximate surface area is 99.5 Å². The average molecular weight is 242 g/mol. The van der Waals surface area contributed by atoms with Crippen LogP contribution in [-0.2, 0) is 4.74 Å². The van der Waals surface area contributed by atoms with E-state index in [2.05, 4.69) is 15.0 Å². The van der Waals surface area contributed by atoms with Crippen LogP contribution < -0.4 is 5.73 Å². The number of morpholine rings is 1. The highest BCUT2D eigenvalue weighted by atomic mass is 16.5. The van der Waals surface area contributed by atoms with Crippen LogP contribution in [0.5, 0.6) is 0 Å². The Bertz CT molecular complexity index is 368. The first kappa shape index (κ1) is 12.4. The monoisotopic (exact) mass is 242 g/mol. The molecule has 2 rings (SSSR count). The number of aromatic nitrogens is 2. The summed E-state index contributed by atoms with van der Waals surface area (Å²) in [6.07, 6.45) is -0.911. The van der Waals surface area contributed by atoms with Crippen molar-refractivity contribution in [2.45, 2.75) is 25.2 Å². The standard InChI is InChI=1S/C10H18N4O3/c1-6(15)8(11)10-12-9(13-17-10)7-5-14(2)3-4-16-7/h6-8,15H,3-5,11H2,1-2H3/t6-,7?,8+/m1/s1.